The fourth-order valence-electron chi connectivity index (χ4n) is 0.968. The summed E-state index contributed by atoms with van der Waals surface area (Å²) in [5.41, 5.74) is 10.8. The van der Waals surface area contributed by atoms with Crippen LogP contribution in [0, 0.1) is 6.92 Å². The molecule has 0 bridgehead atoms. The van der Waals surface area contributed by atoms with Crippen molar-refractivity contribution in [1.29, 1.82) is 0 Å². The van der Waals surface area contributed by atoms with E-state index < -0.39 is 11.4 Å². The molecule has 1 amide bonds. The summed E-state index contributed by atoms with van der Waals surface area (Å²) in [5, 5.41) is 4.01. The van der Waals surface area contributed by atoms with Crippen LogP contribution in [0.5, 0.6) is 0 Å². The smallest absolute Gasteiger partial charge is 0.239 e. The Bertz CT molecular complexity index is 316. The molecule has 0 spiro atoms. The third-order valence-electron chi connectivity index (χ3n) is 1.82. The van der Waals surface area contributed by atoms with Crippen molar-refractivity contribution in [3.63, 3.8) is 0 Å². The van der Waals surface area contributed by atoms with Crippen LogP contribution in [-0.2, 0) is 11.3 Å². The van der Waals surface area contributed by atoms with Gasteiger partial charge in [0.05, 0.1) is 12.7 Å². The second-order valence-electron chi connectivity index (χ2n) is 3.50. The van der Waals surface area contributed by atoms with E-state index in [9.17, 15) is 4.79 Å². The summed E-state index contributed by atoms with van der Waals surface area (Å²) in [5.74, 6) is -0.527. The van der Waals surface area contributed by atoms with E-state index >= 15 is 0 Å². The van der Waals surface area contributed by atoms with Crippen molar-refractivity contribution >= 4 is 5.91 Å². The molecule has 0 aromatic carbocycles. The molecule has 13 heavy (non-hydrogen) atoms. The Hall–Kier alpha value is -1.36. The second kappa shape index (κ2) is 3.18. The van der Waals surface area contributed by atoms with Crippen LogP contribution in [0.4, 0.5) is 0 Å². The van der Waals surface area contributed by atoms with Gasteiger partial charge in [-0.1, -0.05) is 0 Å². The van der Waals surface area contributed by atoms with Crippen LogP contribution in [-0.4, -0.2) is 21.2 Å². The topological polar surface area (TPSA) is 86.9 Å². The number of amides is 1. The van der Waals surface area contributed by atoms with Crippen molar-refractivity contribution in [2.45, 2.75) is 25.9 Å². The van der Waals surface area contributed by atoms with Crippen LogP contribution >= 0.6 is 0 Å². The Labute approximate surface area is 76.7 Å². The molecular weight excluding hydrogens is 168 g/mol. The number of aryl methyl sites for hydroxylation is 1. The van der Waals surface area contributed by atoms with Crippen LogP contribution in [0.2, 0.25) is 0 Å². The number of carbonyl (C=O) groups is 1. The molecule has 1 heterocycles. The highest BCUT2D eigenvalue weighted by molar-refractivity contribution is 5.83. The van der Waals surface area contributed by atoms with E-state index in [-0.39, 0.29) is 0 Å². The lowest BCUT2D eigenvalue weighted by molar-refractivity contribution is -0.123. The summed E-state index contributed by atoms with van der Waals surface area (Å²) < 4.78 is 1.61. The van der Waals surface area contributed by atoms with Crippen LogP contribution in [0.15, 0.2) is 12.4 Å². The number of aromatic nitrogens is 2. The van der Waals surface area contributed by atoms with E-state index in [1.807, 2.05) is 13.1 Å². The minimum atomic E-state index is -1.04. The average molecular weight is 182 g/mol. The first kappa shape index (κ1) is 9.73. The molecule has 5 nitrogen and oxygen atoms in total. The molecule has 72 valence electrons. The quantitative estimate of drug-likeness (QED) is 0.654. The lowest BCUT2D eigenvalue weighted by atomic mass is 10.0. The summed E-state index contributed by atoms with van der Waals surface area (Å²) in [6.07, 6.45) is 3.52. The van der Waals surface area contributed by atoms with Crippen molar-refractivity contribution in [2.24, 2.45) is 11.5 Å². The van der Waals surface area contributed by atoms with Gasteiger partial charge in [-0.3, -0.25) is 9.48 Å². The van der Waals surface area contributed by atoms with Gasteiger partial charge in [-0.25, -0.2) is 0 Å². The van der Waals surface area contributed by atoms with Gasteiger partial charge in [-0.15, -0.1) is 0 Å². The Morgan fingerprint density at radius 1 is 1.77 bits per heavy atom. The molecule has 1 aromatic rings. The molecule has 0 saturated heterocycles. The first-order chi connectivity index (χ1) is 5.92. The molecule has 5 heteroatoms. The number of nitrogens with zero attached hydrogens (tertiary/aromatic N) is 2. The standard InChI is InChI=1S/C8H14N4O/c1-6-3-11-12(4-6)5-8(2,10)7(9)13/h3-4H,5,10H2,1-2H3,(H2,9,13). The van der Waals surface area contributed by atoms with Gasteiger partial charge in [0.2, 0.25) is 5.91 Å². The van der Waals surface area contributed by atoms with Crippen LogP contribution in [0.3, 0.4) is 0 Å². The molecule has 0 aliphatic rings. The Kier molecular flexibility index (Phi) is 2.38. The molecule has 0 aliphatic carbocycles. The molecule has 4 N–H and O–H groups in total. The molecular formula is C8H14N4O. The number of nitrogens with two attached hydrogens (primary N) is 2. The molecule has 0 saturated carbocycles. The van der Waals surface area contributed by atoms with Crippen LogP contribution in [0.25, 0.3) is 0 Å². The van der Waals surface area contributed by atoms with Crippen molar-refractivity contribution in [3.8, 4) is 0 Å². The van der Waals surface area contributed by atoms with E-state index in [0.29, 0.717) is 6.54 Å². The van der Waals surface area contributed by atoms with Gasteiger partial charge >= 0.3 is 0 Å². The van der Waals surface area contributed by atoms with E-state index in [1.165, 1.54) is 0 Å². The zero-order valence-electron chi connectivity index (χ0n) is 7.82. The number of hydrogen-bond acceptors (Lipinski definition) is 3. The fraction of sp³-hybridized carbons (Fsp3) is 0.500. The largest absolute Gasteiger partial charge is 0.368 e. The van der Waals surface area contributed by atoms with Crippen molar-refractivity contribution in [1.82, 2.24) is 9.78 Å². The summed E-state index contributed by atoms with van der Waals surface area (Å²) in [7, 11) is 0. The normalized spacial score (nSPS) is 15.3. The monoisotopic (exact) mass is 182 g/mol. The minimum absolute atomic E-state index is 0.302. The molecule has 1 atom stereocenters. The molecule has 1 rings (SSSR count). The minimum Gasteiger partial charge on any atom is -0.368 e. The maximum absolute atomic E-state index is 10.9. The highest BCUT2D eigenvalue weighted by Gasteiger charge is 2.26. The lowest BCUT2D eigenvalue weighted by Gasteiger charge is -2.19. The van der Waals surface area contributed by atoms with Gasteiger partial charge in [0.15, 0.2) is 0 Å². The summed E-state index contributed by atoms with van der Waals surface area (Å²) in [6.45, 7) is 3.81. The number of carbonyl (C=O) groups excluding carboxylic acids is 1. The van der Waals surface area contributed by atoms with Gasteiger partial charge in [0.25, 0.3) is 0 Å². The lowest BCUT2D eigenvalue weighted by Crippen LogP contribution is -2.52. The number of rotatable bonds is 3. The third kappa shape index (κ3) is 2.29. The molecule has 0 radical (unpaired) electrons. The maximum Gasteiger partial charge on any atom is 0.239 e. The number of primary amides is 1. The molecule has 1 unspecified atom stereocenters. The molecule has 0 fully saturated rings. The van der Waals surface area contributed by atoms with E-state index in [0.717, 1.165) is 5.56 Å². The summed E-state index contributed by atoms with van der Waals surface area (Å²) in [4.78, 5) is 10.9. The first-order valence-electron chi connectivity index (χ1n) is 4.00. The van der Waals surface area contributed by atoms with Crippen LogP contribution in [0.1, 0.15) is 12.5 Å². The average Bonchev–Trinajstić information content (AvgIpc) is 2.34. The molecule has 0 aliphatic heterocycles. The Morgan fingerprint density at radius 3 is 2.77 bits per heavy atom. The molecule has 1 aromatic heterocycles. The fourth-order valence-corrected chi connectivity index (χ4v) is 0.968. The van der Waals surface area contributed by atoms with Gasteiger partial charge in [-0.2, -0.15) is 5.10 Å². The summed E-state index contributed by atoms with van der Waals surface area (Å²) in [6, 6.07) is 0. The third-order valence-corrected chi connectivity index (χ3v) is 1.82. The highest BCUT2D eigenvalue weighted by atomic mass is 16.1. The summed E-state index contributed by atoms with van der Waals surface area (Å²) >= 11 is 0. The maximum atomic E-state index is 10.9. The van der Waals surface area contributed by atoms with E-state index in [2.05, 4.69) is 5.10 Å². The predicted octanol–water partition coefficient (Wildman–Crippen LogP) is -0.606. The van der Waals surface area contributed by atoms with Gasteiger partial charge in [0.1, 0.15) is 5.54 Å². The zero-order chi connectivity index (χ0) is 10.1. The van der Waals surface area contributed by atoms with E-state index in [1.54, 1.807) is 17.8 Å². The van der Waals surface area contributed by atoms with Crippen LogP contribution < -0.4 is 11.5 Å². The van der Waals surface area contributed by atoms with Crippen molar-refractivity contribution < 1.29 is 4.79 Å². The highest BCUT2D eigenvalue weighted by Crippen LogP contribution is 2.03. The Morgan fingerprint density at radius 2 is 2.38 bits per heavy atom. The SMILES string of the molecule is Cc1cnn(CC(C)(N)C(N)=O)c1. The second-order valence-corrected chi connectivity index (χ2v) is 3.50. The van der Waals surface area contributed by atoms with E-state index in [4.69, 9.17) is 11.5 Å². The zero-order valence-corrected chi connectivity index (χ0v) is 7.82. The first-order valence-corrected chi connectivity index (χ1v) is 4.00. The van der Waals surface area contributed by atoms with Crippen molar-refractivity contribution in [2.75, 3.05) is 0 Å². The van der Waals surface area contributed by atoms with Gasteiger partial charge < -0.3 is 11.5 Å². The van der Waals surface area contributed by atoms with Gasteiger partial charge in [-0.05, 0) is 19.4 Å². The Balaban J connectivity index is 2.74. The van der Waals surface area contributed by atoms with Crippen molar-refractivity contribution in [3.05, 3.63) is 18.0 Å². The predicted molar refractivity (Wildman–Crippen MR) is 48.8 cm³/mol. The van der Waals surface area contributed by atoms with Gasteiger partial charge in [0, 0.05) is 6.20 Å². The number of hydrogen-bond donors (Lipinski definition) is 2.